The van der Waals surface area contributed by atoms with E-state index in [0.29, 0.717) is 22.8 Å². The Kier molecular flexibility index (Phi) is 2.34. The van der Waals surface area contributed by atoms with Gasteiger partial charge in [0.2, 0.25) is 0 Å². The molecule has 88 valence electrons. The molecule has 1 saturated heterocycles. The van der Waals surface area contributed by atoms with E-state index in [1.807, 2.05) is 4.31 Å². The summed E-state index contributed by atoms with van der Waals surface area (Å²) in [5, 5.41) is 17.5. The van der Waals surface area contributed by atoms with Gasteiger partial charge in [-0.3, -0.25) is 0 Å². The molecular weight excluding hydrogens is 228 g/mol. The molecule has 6 nitrogen and oxygen atoms in total. The fraction of sp³-hybridized carbons (Fsp3) is 0.778. The van der Waals surface area contributed by atoms with Crippen LogP contribution in [0.2, 0.25) is 0 Å². The molecule has 1 saturated carbocycles. The second-order valence-corrected chi connectivity index (χ2v) is 5.88. The van der Waals surface area contributed by atoms with Gasteiger partial charge in [-0.25, -0.2) is 8.51 Å². The molecule has 1 N–H and O–H groups in total. The highest BCUT2D eigenvalue weighted by atomic mass is 32.2. The van der Waals surface area contributed by atoms with Crippen LogP contribution in [0.4, 0.5) is 0 Å². The zero-order chi connectivity index (χ0) is 11.3. The summed E-state index contributed by atoms with van der Waals surface area (Å²) in [6.07, 6.45) is 1.55. The monoisotopic (exact) mass is 242 g/mol. The number of hydrogen-bond donors (Lipinski definition) is 1. The zero-order valence-electron chi connectivity index (χ0n) is 8.98. The van der Waals surface area contributed by atoms with Gasteiger partial charge in [-0.2, -0.15) is 9.90 Å². The molecule has 2 aliphatic rings. The third-order valence-corrected chi connectivity index (χ3v) is 4.85. The summed E-state index contributed by atoms with van der Waals surface area (Å²) in [5.41, 5.74) is 0. The fourth-order valence-corrected chi connectivity index (χ4v) is 3.76. The van der Waals surface area contributed by atoms with Gasteiger partial charge in [-0.15, -0.1) is 5.10 Å². The number of aromatic nitrogens is 3. The van der Waals surface area contributed by atoms with Crippen molar-refractivity contribution < 1.29 is 9.32 Å². The topological polar surface area (TPSA) is 71.2 Å². The quantitative estimate of drug-likeness (QED) is 0.738. The number of nitrogens with zero attached hydrogens (tertiary/aromatic N) is 4. The number of hydrogen-bond acceptors (Lipinski definition) is 4. The predicted molar refractivity (Wildman–Crippen MR) is 56.5 cm³/mol. The minimum atomic E-state index is -1.19. The first-order valence-corrected chi connectivity index (χ1v) is 6.45. The second-order valence-electron chi connectivity index (χ2n) is 4.44. The number of rotatable bonds is 3. The van der Waals surface area contributed by atoms with Crippen LogP contribution in [-0.4, -0.2) is 48.3 Å². The Labute approximate surface area is 95.8 Å². The van der Waals surface area contributed by atoms with Crippen molar-refractivity contribution in [3.05, 3.63) is 6.20 Å². The Balaban J connectivity index is 1.66. The molecule has 16 heavy (non-hydrogen) atoms. The molecule has 0 bridgehead atoms. The van der Waals surface area contributed by atoms with E-state index in [9.17, 15) is 4.21 Å². The van der Waals surface area contributed by atoms with Crippen molar-refractivity contribution in [3.63, 3.8) is 0 Å². The third-order valence-electron chi connectivity index (χ3n) is 3.54. The Morgan fingerprint density at radius 3 is 2.75 bits per heavy atom. The molecular formula is C9H14N4O2S. The van der Waals surface area contributed by atoms with Crippen LogP contribution in [0, 0.1) is 17.8 Å². The molecule has 0 amide bonds. The van der Waals surface area contributed by atoms with Gasteiger partial charge in [0, 0.05) is 26.7 Å². The van der Waals surface area contributed by atoms with Crippen LogP contribution in [-0.2, 0) is 18.0 Å². The number of fused-ring (bicyclic) bond motifs is 1. The van der Waals surface area contributed by atoms with Crippen LogP contribution >= 0.6 is 0 Å². The van der Waals surface area contributed by atoms with Crippen LogP contribution in [0.1, 0.15) is 0 Å². The van der Waals surface area contributed by atoms with Crippen LogP contribution in [0.5, 0.6) is 0 Å². The molecule has 3 rings (SSSR count). The van der Waals surface area contributed by atoms with Crippen molar-refractivity contribution in [1.82, 2.24) is 19.3 Å². The van der Waals surface area contributed by atoms with E-state index >= 15 is 0 Å². The van der Waals surface area contributed by atoms with E-state index in [-0.39, 0.29) is 6.61 Å². The molecule has 2 fully saturated rings. The molecule has 0 spiro atoms. The summed E-state index contributed by atoms with van der Waals surface area (Å²) >= 11 is 0. The first kappa shape index (κ1) is 10.4. The van der Waals surface area contributed by atoms with Crippen molar-refractivity contribution in [3.8, 4) is 0 Å². The van der Waals surface area contributed by atoms with Gasteiger partial charge in [0.25, 0.3) is 0 Å². The average Bonchev–Trinajstić information content (AvgIpc) is 2.70. The zero-order valence-corrected chi connectivity index (χ0v) is 9.80. The normalized spacial score (nSPS) is 35.0. The molecule has 2 heterocycles. The third kappa shape index (κ3) is 1.50. The van der Waals surface area contributed by atoms with Crippen molar-refractivity contribution in [1.29, 1.82) is 0 Å². The largest absolute Gasteiger partial charge is 0.396 e. The fourth-order valence-electron chi connectivity index (χ4n) is 2.56. The van der Waals surface area contributed by atoms with Gasteiger partial charge in [0.15, 0.2) is 5.03 Å². The first-order valence-electron chi connectivity index (χ1n) is 5.34. The van der Waals surface area contributed by atoms with Gasteiger partial charge in [-0.05, 0) is 17.8 Å². The maximum atomic E-state index is 12.1. The van der Waals surface area contributed by atoms with Crippen LogP contribution < -0.4 is 0 Å². The number of aryl methyl sites for hydroxylation is 1. The van der Waals surface area contributed by atoms with E-state index in [2.05, 4.69) is 10.2 Å². The van der Waals surface area contributed by atoms with Gasteiger partial charge < -0.3 is 5.11 Å². The predicted octanol–water partition coefficient (Wildman–Crippen LogP) is -0.992. The molecule has 0 aromatic carbocycles. The van der Waals surface area contributed by atoms with Gasteiger partial charge >= 0.3 is 0 Å². The Bertz CT molecular complexity index is 423. The van der Waals surface area contributed by atoms with E-state index in [0.717, 1.165) is 13.1 Å². The summed E-state index contributed by atoms with van der Waals surface area (Å²) in [6, 6.07) is 0. The van der Waals surface area contributed by atoms with Gasteiger partial charge in [0.1, 0.15) is 11.0 Å². The lowest BCUT2D eigenvalue weighted by Crippen LogP contribution is -2.27. The van der Waals surface area contributed by atoms with E-state index < -0.39 is 11.0 Å². The molecule has 0 radical (unpaired) electrons. The minimum absolute atomic E-state index is 0.265. The van der Waals surface area contributed by atoms with E-state index in [1.165, 1.54) is 4.80 Å². The Morgan fingerprint density at radius 1 is 1.56 bits per heavy atom. The molecule has 1 aromatic heterocycles. The molecule has 1 aromatic rings. The number of piperidine rings is 1. The molecule has 7 heteroatoms. The standard InChI is InChI=1S/C9H14N4O2S/c1-12-10-2-9(11-12)16(15)13-3-6-7(4-13)8(6)5-14/h2,6-8,14H,3-5H2,1H3. The van der Waals surface area contributed by atoms with Gasteiger partial charge in [0.05, 0.1) is 6.20 Å². The van der Waals surface area contributed by atoms with Crippen molar-refractivity contribution in [2.24, 2.45) is 24.8 Å². The van der Waals surface area contributed by atoms with Crippen molar-refractivity contribution >= 4 is 11.0 Å². The SMILES string of the molecule is Cn1ncc(S(=O)N2CC3C(CO)C3C2)n1. The Morgan fingerprint density at radius 2 is 2.25 bits per heavy atom. The molecule has 1 aliphatic heterocycles. The van der Waals surface area contributed by atoms with Crippen molar-refractivity contribution in [2.75, 3.05) is 19.7 Å². The lowest BCUT2D eigenvalue weighted by atomic mass is 10.3. The highest BCUT2D eigenvalue weighted by molar-refractivity contribution is 7.82. The second kappa shape index (κ2) is 3.61. The summed E-state index contributed by atoms with van der Waals surface area (Å²) in [7, 11) is 0.524. The minimum Gasteiger partial charge on any atom is -0.396 e. The van der Waals surface area contributed by atoms with Crippen LogP contribution in [0.3, 0.4) is 0 Å². The average molecular weight is 242 g/mol. The van der Waals surface area contributed by atoms with E-state index in [1.54, 1.807) is 13.2 Å². The summed E-state index contributed by atoms with van der Waals surface area (Å²) in [6.45, 7) is 1.87. The lowest BCUT2D eigenvalue weighted by Gasteiger charge is -2.15. The molecule has 3 unspecified atom stereocenters. The van der Waals surface area contributed by atoms with Gasteiger partial charge in [-0.1, -0.05) is 0 Å². The van der Waals surface area contributed by atoms with Crippen LogP contribution in [0.15, 0.2) is 11.2 Å². The number of aliphatic hydroxyl groups excluding tert-OH is 1. The first-order chi connectivity index (χ1) is 7.70. The highest BCUT2D eigenvalue weighted by Gasteiger charge is 2.56. The summed E-state index contributed by atoms with van der Waals surface area (Å²) < 4.78 is 14.0. The van der Waals surface area contributed by atoms with Crippen molar-refractivity contribution in [2.45, 2.75) is 5.03 Å². The lowest BCUT2D eigenvalue weighted by molar-refractivity contribution is 0.249. The smallest absolute Gasteiger partial charge is 0.185 e. The summed E-state index contributed by atoms with van der Waals surface area (Å²) in [4.78, 5) is 1.42. The maximum Gasteiger partial charge on any atom is 0.185 e. The van der Waals surface area contributed by atoms with Crippen LogP contribution in [0.25, 0.3) is 0 Å². The molecule has 3 atom stereocenters. The highest BCUT2D eigenvalue weighted by Crippen LogP contribution is 2.51. The molecule has 1 aliphatic carbocycles. The number of aliphatic hydroxyl groups is 1. The summed E-state index contributed by atoms with van der Waals surface area (Å²) in [5.74, 6) is 1.51. The van der Waals surface area contributed by atoms with E-state index in [4.69, 9.17) is 5.11 Å². The maximum absolute atomic E-state index is 12.1. The Hall–Kier alpha value is -0.790.